The van der Waals surface area contributed by atoms with Gasteiger partial charge in [0.15, 0.2) is 0 Å². The van der Waals surface area contributed by atoms with Crippen LogP contribution >= 0.6 is 11.6 Å². The van der Waals surface area contributed by atoms with E-state index >= 15 is 0 Å². The fourth-order valence-electron chi connectivity index (χ4n) is 1.96. The van der Waals surface area contributed by atoms with Gasteiger partial charge in [-0.3, -0.25) is 0 Å². The molecule has 0 amide bonds. The summed E-state index contributed by atoms with van der Waals surface area (Å²) in [5.41, 5.74) is 2.65. The average Bonchev–Trinajstić information content (AvgIpc) is 2.22. The first-order chi connectivity index (χ1) is 7.24. The molecule has 1 aliphatic rings. The number of benzene rings is 1. The number of halogens is 1. The average molecular weight is 225 g/mol. The maximum atomic E-state index is 6.12. The Kier molecular flexibility index (Phi) is 3.66. The summed E-state index contributed by atoms with van der Waals surface area (Å²) in [6.45, 7) is 2.92. The van der Waals surface area contributed by atoms with Gasteiger partial charge in [0.1, 0.15) is 0 Å². The molecule has 82 valence electrons. The smallest absolute Gasteiger partial charge is 0.0629 e. The van der Waals surface area contributed by atoms with Gasteiger partial charge < -0.3 is 4.74 Å². The van der Waals surface area contributed by atoms with Crippen molar-refractivity contribution in [1.82, 2.24) is 0 Å². The van der Waals surface area contributed by atoms with E-state index in [1.54, 1.807) is 0 Å². The quantitative estimate of drug-likeness (QED) is 0.701. The third-order valence-electron chi connectivity index (χ3n) is 2.89. The van der Waals surface area contributed by atoms with Crippen molar-refractivity contribution in [1.29, 1.82) is 0 Å². The molecule has 0 N–H and O–H groups in total. The first kappa shape index (κ1) is 11.0. The van der Waals surface area contributed by atoms with Crippen LogP contribution in [-0.2, 0) is 11.2 Å². The van der Waals surface area contributed by atoms with Gasteiger partial charge in [-0.25, -0.2) is 0 Å². The van der Waals surface area contributed by atoms with Crippen molar-refractivity contribution >= 4 is 11.6 Å². The molecule has 1 aliphatic heterocycles. The molecule has 0 aliphatic carbocycles. The Morgan fingerprint density at radius 3 is 2.73 bits per heavy atom. The largest absolute Gasteiger partial charge is 0.378 e. The van der Waals surface area contributed by atoms with Gasteiger partial charge in [0.05, 0.1) is 6.10 Å². The van der Waals surface area contributed by atoms with Crippen LogP contribution in [0.1, 0.15) is 24.0 Å². The summed E-state index contributed by atoms with van der Waals surface area (Å²) in [4.78, 5) is 0. The molecule has 1 aromatic carbocycles. The lowest BCUT2D eigenvalue weighted by molar-refractivity contribution is 0.0187. The van der Waals surface area contributed by atoms with Gasteiger partial charge in [-0.05, 0) is 31.7 Å². The zero-order chi connectivity index (χ0) is 10.7. The molecule has 15 heavy (non-hydrogen) atoms. The van der Waals surface area contributed by atoms with Crippen LogP contribution in [0.25, 0.3) is 0 Å². The Morgan fingerprint density at radius 1 is 1.33 bits per heavy atom. The highest BCUT2D eigenvalue weighted by molar-refractivity contribution is 6.20. The monoisotopic (exact) mass is 224 g/mol. The van der Waals surface area contributed by atoms with Crippen molar-refractivity contribution in [2.24, 2.45) is 0 Å². The van der Waals surface area contributed by atoms with Gasteiger partial charge in [-0.15, -0.1) is 11.6 Å². The van der Waals surface area contributed by atoms with Crippen LogP contribution in [0.3, 0.4) is 0 Å². The summed E-state index contributed by atoms with van der Waals surface area (Å²) in [6, 6.07) is 8.65. The fraction of sp³-hybridized carbons (Fsp3) is 0.538. The maximum Gasteiger partial charge on any atom is 0.0629 e. The van der Waals surface area contributed by atoms with Crippen molar-refractivity contribution in [3.8, 4) is 0 Å². The number of hydrogen-bond donors (Lipinski definition) is 0. The lowest BCUT2D eigenvalue weighted by Crippen LogP contribution is -2.27. The molecule has 0 saturated carbocycles. The Bertz CT molecular complexity index is 307. The van der Waals surface area contributed by atoms with Crippen molar-refractivity contribution in [2.45, 2.75) is 37.7 Å². The lowest BCUT2D eigenvalue weighted by atomic mass is 10.0. The summed E-state index contributed by atoms with van der Waals surface area (Å²) in [7, 11) is 0. The van der Waals surface area contributed by atoms with E-state index in [9.17, 15) is 0 Å². The maximum absolute atomic E-state index is 6.12. The minimum atomic E-state index is 0.300. The fourth-order valence-corrected chi connectivity index (χ4v) is 2.25. The highest BCUT2D eigenvalue weighted by atomic mass is 35.5. The van der Waals surface area contributed by atoms with Crippen LogP contribution in [-0.4, -0.2) is 18.1 Å². The van der Waals surface area contributed by atoms with Crippen LogP contribution in [0, 0.1) is 6.92 Å². The zero-order valence-corrected chi connectivity index (χ0v) is 9.83. The van der Waals surface area contributed by atoms with Gasteiger partial charge in [-0.1, -0.05) is 29.8 Å². The minimum Gasteiger partial charge on any atom is -0.378 e. The molecule has 0 unspecified atom stereocenters. The van der Waals surface area contributed by atoms with E-state index in [1.807, 2.05) is 0 Å². The van der Waals surface area contributed by atoms with Crippen LogP contribution in [0.2, 0.25) is 0 Å². The Labute approximate surface area is 96.4 Å². The first-order valence-electron chi connectivity index (χ1n) is 5.55. The summed E-state index contributed by atoms with van der Waals surface area (Å²) in [5, 5.41) is 0.300. The standard InChI is InChI=1S/C13H17ClO/c1-10-2-4-11(5-3-10)8-13-9-12(14)6-7-15-13/h2-5,12-13H,6-9H2,1H3/t12-,13-/m1/s1. The second-order valence-electron chi connectivity index (χ2n) is 4.30. The van der Waals surface area contributed by atoms with Crippen LogP contribution in [0.15, 0.2) is 24.3 Å². The SMILES string of the molecule is Cc1ccc(C[C@@H]2C[C@H](Cl)CCO2)cc1. The Balaban J connectivity index is 1.93. The first-order valence-corrected chi connectivity index (χ1v) is 5.99. The summed E-state index contributed by atoms with van der Waals surface area (Å²) < 4.78 is 5.70. The number of hydrogen-bond acceptors (Lipinski definition) is 1. The molecule has 2 rings (SSSR count). The summed E-state index contributed by atoms with van der Waals surface area (Å²) in [5.74, 6) is 0. The zero-order valence-electron chi connectivity index (χ0n) is 9.08. The molecule has 0 aromatic heterocycles. The van der Waals surface area contributed by atoms with Gasteiger partial charge in [-0.2, -0.15) is 0 Å². The third kappa shape index (κ3) is 3.22. The Hall–Kier alpha value is -0.530. The van der Waals surface area contributed by atoms with Gasteiger partial charge in [0.2, 0.25) is 0 Å². The van der Waals surface area contributed by atoms with E-state index < -0.39 is 0 Å². The topological polar surface area (TPSA) is 9.23 Å². The third-order valence-corrected chi connectivity index (χ3v) is 3.28. The molecule has 1 aromatic rings. The van der Waals surface area contributed by atoms with Crippen molar-refractivity contribution in [2.75, 3.05) is 6.61 Å². The summed E-state index contributed by atoms with van der Waals surface area (Å²) >= 11 is 6.12. The summed E-state index contributed by atoms with van der Waals surface area (Å²) in [6.07, 6.45) is 3.27. The molecular weight excluding hydrogens is 208 g/mol. The van der Waals surface area contributed by atoms with E-state index in [4.69, 9.17) is 16.3 Å². The van der Waals surface area contributed by atoms with Gasteiger partial charge >= 0.3 is 0 Å². The second kappa shape index (κ2) is 5.00. The van der Waals surface area contributed by atoms with Crippen molar-refractivity contribution in [3.05, 3.63) is 35.4 Å². The number of ether oxygens (including phenoxy) is 1. The molecule has 1 fully saturated rings. The van der Waals surface area contributed by atoms with Gasteiger partial charge in [0.25, 0.3) is 0 Å². The van der Waals surface area contributed by atoms with E-state index in [0.717, 1.165) is 25.9 Å². The highest BCUT2D eigenvalue weighted by Crippen LogP contribution is 2.21. The highest BCUT2D eigenvalue weighted by Gasteiger charge is 2.20. The van der Waals surface area contributed by atoms with E-state index in [1.165, 1.54) is 11.1 Å². The predicted octanol–water partition coefficient (Wildman–Crippen LogP) is 3.32. The lowest BCUT2D eigenvalue weighted by Gasteiger charge is -2.26. The molecule has 0 bridgehead atoms. The number of alkyl halides is 1. The Morgan fingerprint density at radius 2 is 2.07 bits per heavy atom. The van der Waals surface area contributed by atoms with E-state index in [2.05, 4.69) is 31.2 Å². The van der Waals surface area contributed by atoms with Crippen LogP contribution in [0.4, 0.5) is 0 Å². The predicted molar refractivity (Wildman–Crippen MR) is 63.5 cm³/mol. The second-order valence-corrected chi connectivity index (χ2v) is 4.92. The molecule has 2 heteroatoms. The molecule has 0 radical (unpaired) electrons. The molecule has 1 heterocycles. The van der Waals surface area contributed by atoms with Crippen LogP contribution in [0.5, 0.6) is 0 Å². The number of aryl methyl sites for hydroxylation is 1. The number of rotatable bonds is 2. The molecule has 1 saturated heterocycles. The molecule has 0 spiro atoms. The van der Waals surface area contributed by atoms with E-state index in [-0.39, 0.29) is 0 Å². The van der Waals surface area contributed by atoms with Gasteiger partial charge in [0, 0.05) is 12.0 Å². The molecule has 1 nitrogen and oxygen atoms in total. The normalized spacial score (nSPS) is 26.5. The van der Waals surface area contributed by atoms with Crippen molar-refractivity contribution in [3.63, 3.8) is 0 Å². The van der Waals surface area contributed by atoms with E-state index in [0.29, 0.717) is 11.5 Å². The molecular formula is C13H17ClO. The molecule has 2 atom stereocenters. The van der Waals surface area contributed by atoms with Crippen molar-refractivity contribution < 1.29 is 4.74 Å². The minimum absolute atomic E-state index is 0.300. The van der Waals surface area contributed by atoms with Crippen LogP contribution < -0.4 is 0 Å².